The molecule has 1 aromatic rings. The van der Waals surface area contributed by atoms with E-state index in [4.69, 9.17) is 0 Å². The quantitative estimate of drug-likeness (QED) is 0.756. The highest BCUT2D eigenvalue weighted by atomic mass is 19.1. The van der Waals surface area contributed by atoms with Crippen LogP contribution in [0.1, 0.15) is 12.0 Å². The van der Waals surface area contributed by atoms with Gasteiger partial charge in [0.25, 0.3) is 0 Å². The minimum Gasteiger partial charge on any atom is -0.393 e. The molecule has 2 N–H and O–H groups in total. The van der Waals surface area contributed by atoms with Gasteiger partial charge in [-0.15, -0.1) is 0 Å². The van der Waals surface area contributed by atoms with Crippen LogP contribution in [0, 0.1) is 11.7 Å². The van der Waals surface area contributed by atoms with Gasteiger partial charge in [-0.3, -0.25) is 4.98 Å². The second-order valence-corrected chi connectivity index (χ2v) is 4.04. The molecule has 0 aromatic carbocycles. The molecule has 15 heavy (non-hydrogen) atoms. The number of rotatable bonds is 2. The Morgan fingerprint density at radius 3 is 3.13 bits per heavy atom. The zero-order valence-corrected chi connectivity index (χ0v) is 8.49. The van der Waals surface area contributed by atoms with Crippen LogP contribution in [0.15, 0.2) is 18.5 Å². The summed E-state index contributed by atoms with van der Waals surface area (Å²) in [6.45, 7) is 1.65. The third kappa shape index (κ3) is 2.73. The fourth-order valence-corrected chi connectivity index (χ4v) is 1.99. The zero-order chi connectivity index (χ0) is 10.7. The van der Waals surface area contributed by atoms with Gasteiger partial charge in [0.15, 0.2) is 0 Å². The van der Waals surface area contributed by atoms with Gasteiger partial charge < -0.3 is 10.4 Å². The lowest BCUT2D eigenvalue weighted by Gasteiger charge is -2.28. The molecular formula is C11H15FN2O. The first-order chi connectivity index (χ1) is 7.25. The molecule has 1 aliphatic heterocycles. The van der Waals surface area contributed by atoms with Gasteiger partial charge in [0.2, 0.25) is 0 Å². The lowest BCUT2D eigenvalue weighted by molar-refractivity contribution is 0.0791. The van der Waals surface area contributed by atoms with Crippen LogP contribution < -0.4 is 5.32 Å². The van der Waals surface area contributed by atoms with Crippen molar-refractivity contribution in [3.63, 3.8) is 0 Å². The molecule has 0 spiro atoms. The van der Waals surface area contributed by atoms with Crippen LogP contribution in [0.5, 0.6) is 0 Å². The van der Waals surface area contributed by atoms with Gasteiger partial charge in [0.1, 0.15) is 5.82 Å². The van der Waals surface area contributed by atoms with Crippen LogP contribution in [0.2, 0.25) is 0 Å². The molecule has 1 aliphatic rings. The molecule has 2 heterocycles. The lowest BCUT2D eigenvalue weighted by Crippen LogP contribution is -2.40. The molecule has 82 valence electrons. The topological polar surface area (TPSA) is 45.1 Å². The Morgan fingerprint density at radius 2 is 2.40 bits per heavy atom. The van der Waals surface area contributed by atoms with E-state index in [0.717, 1.165) is 25.1 Å². The van der Waals surface area contributed by atoms with E-state index < -0.39 is 0 Å². The molecule has 0 bridgehead atoms. The van der Waals surface area contributed by atoms with Crippen molar-refractivity contribution in [2.75, 3.05) is 13.1 Å². The number of aliphatic hydroxyl groups excluding tert-OH is 1. The Kier molecular flexibility index (Phi) is 3.28. The predicted octanol–water partition coefficient (Wildman–Crippen LogP) is 0.734. The highest BCUT2D eigenvalue weighted by Crippen LogP contribution is 2.17. The standard InChI is InChI=1S/C11H15FN2O/c12-10-4-8(5-14-7-10)3-9-6-13-2-1-11(9)15/h4-5,7,9,11,13,15H,1-3,6H2. The van der Waals surface area contributed by atoms with Crippen LogP contribution in [0.25, 0.3) is 0 Å². The maximum Gasteiger partial charge on any atom is 0.141 e. The predicted molar refractivity (Wildman–Crippen MR) is 54.9 cm³/mol. The number of hydrogen-bond donors (Lipinski definition) is 2. The fraction of sp³-hybridized carbons (Fsp3) is 0.545. The van der Waals surface area contributed by atoms with Crippen molar-refractivity contribution in [3.8, 4) is 0 Å². The molecule has 4 heteroatoms. The van der Waals surface area contributed by atoms with Crippen molar-refractivity contribution < 1.29 is 9.50 Å². The first kappa shape index (κ1) is 10.5. The van der Waals surface area contributed by atoms with E-state index >= 15 is 0 Å². The van der Waals surface area contributed by atoms with Crippen molar-refractivity contribution in [1.29, 1.82) is 0 Å². The first-order valence-electron chi connectivity index (χ1n) is 5.24. The number of aliphatic hydroxyl groups is 1. The summed E-state index contributed by atoms with van der Waals surface area (Å²) in [4.78, 5) is 3.80. The maximum absolute atomic E-state index is 12.9. The van der Waals surface area contributed by atoms with Gasteiger partial charge in [-0.25, -0.2) is 4.39 Å². The second-order valence-electron chi connectivity index (χ2n) is 4.04. The monoisotopic (exact) mass is 210 g/mol. The average molecular weight is 210 g/mol. The van der Waals surface area contributed by atoms with Crippen LogP contribution in [-0.2, 0) is 6.42 Å². The van der Waals surface area contributed by atoms with Gasteiger partial charge in [-0.05, 0) is 31.0 Å². The molecular weight excluding hydrogens is 195 g/mol. The zero-order valence-electron chi connectivity index (χ0n) is 8.49. The molecule has 2 atom stereocenters. The number of piperidine rings is 1. The summed E-state index contributed by atoms with van der Waals surface area (Å²) in [5.74, 6) is -0.145. The van der Waals surface area contributed by atoms with Crippen molar-refractivity contribution >= 4 is 0 Å². The maximum atomic E-state index is 12.9. The normalized spacial score (nSPS) is 26.5. The van der Waals surface area contributed by atoms with E-state index in [9.17, 15) is 9.50 Å². The summed E-state index contributed by atoms with van der Waals surface area (Å²) >= 11 is 0. The van der Waals surface area contributed by atoms with Crippen molar-refractivity contribution in [3.05, 3.63) is 29.8 Å². The molecule has 1 fully saturated rings. The summed E-state index contributed by atoms with van der Waals surface area (Å²) in [7, 11) is 0. The smallest absolute Gasteiger partial charge is 0.141 e. The van der Waals surface area contributed by atoms with Gasteiger partial charge in [0.05, 0.1) is 12.3 Å². The first-order valence-corrected chi connectivity index (χ1v) is 5.24. The summed E-state index contributed by atoms with van der Waals surface area (Å²) in [6, 6.07) is 1.48. The largest absolute Gasteiger partial charge is 0.393 e. The van der Waals surface area contributed by atoms with E-state index in [2.05, 4.69) is 10.3 Å². The van der Waals surface area contributed by atoms with E-state index in [1.807, 2.05) is 0 Å². The number of pyridine rings is 1. The highest BCUT2D eigenvalue weighted by molar-refractivity contribution is 5.11. The molecule has 1 aromatic heterocycles. The van der Waals surface area contributed by atoms with Crippen LogP contribution in [0.4, 0.5) is 4.39 Å². The number of nitrogens with one attached hydrogen (secondary N) is 1. The molecule has 0 radical (unpaired) electrons. The second kappa shape index (κ2) is 4.68. The molecule has 3 nitrogen and oxygen atoms in total. The molecule has 0 saturated carbocycles. The number of hydrogen-bond acceptors (Lipinski definition) is 3. The summed E-state index contributed by atoms with van der Waals surface area (Å²) < 4.78 is 12.9. The van der Waals surface area contributed by atoms with Crippen molar-refractivity contribution in [2.45, 2.75) is 18.9 Å². The number of halogens is 1. The van der Waals surface area contributed by atoms with Crippen LogP contribution in [0.3, 0.4) is 0 Å². The number of aromatic nitrogens is 1. The Labute approximate surface area is 88.3 Å². The summed E-state index contributed by atoms with van der Waals surface area (Å²) in [5, 5.41) is 13.0. The Bertz CT molecular complexity index is 332. The Balaban J connectivity index is 2.01. The molecule has 1 saturated heterocycles. The van der Waals surface area contributed by atoms with E-state index in [0.29, 0.717) is 6.42 Å². The molecule has 2 unspecified atom stereocenters. The van der Waals surface area contributed by atoms with Gasteiger partial charge >= 0.3 is 0 Å². The van der Waals surface area contributed by atoms with Gasteiger partial charge in [-0.2, -0.15) is 0 Å². The third-order valence-electron chi connectivity index (χ3n) is 2.83. The minimum absolute atomic E-state index is 0.169. The summed E-state index contributed by atoms with van der Waals surface area (Å²) in [5.41, 5.74) is 0.850. The van der Waals surface area contributed by atoms with Gasteiger partial charge in [-0.1, -0.05) is 0 Å². The summed E-state index contributed by atoms with van der Waals surface area (Å²) in [6.07, 6.45) is 4.02. The SMILES string of the molecule is OC1CCNCC1Cc1cncc(F)c1. The Morgan fingerprint density at radius 1 is 1.53 bits per heavy atom. The number of nitrogens with zero attached hydrogens (tertiary/aromatic N) is 1. The third-order valence-corrected chi connectivity index (χ3v) is 2.83. The van der Waals surface area contributed by atoms with Gasteiger partial charge in [0, 0.05) is 18.7 Å². The fourth-order valence-electron chi connectivity index (χ4n) is 1.99. The van der Waals surface area contributed by atoms with E-state index in [-0.39, 0.29) is 17.8 Å². The van der Waals surface area contributed by atoms with Crippen LogP contribution >= 0.6 is 0 Å². The van der Waals surface area contributed by atoms with Crippen LogP contribution in [-0.4, -0.2) is 29.3 Å². The minimum atomic E-state index is -0.314. The van der Waals surface area contributed by atoms with Crippen molar-refractivity contribution in [1.82, 2.24) is 10.3 Å². The van der Waals surface area contributed by atoms with E-state index in [1.54, 1.807) is 6.20 Å². The lowest BCUT2D eigenvalue weighted by atomic mass is 9.90. The van der Waals surface area contributed by atoms with E-state index in [1.165, 1.54) is 12.3 Å². The molecule has 0 amide bonds. The average Bonchev–Trinajstić information content (AvgIpc) is 2.22. The molecule has 2 rings (SSSR count). The molecule has 0 aliphatic carbocycles. The highest BCUT2D eigenvalue weighted by Gasteiger charge is 2.22. The Hall–Kier alpha value is -1.00. The van der Waals surface area contributed by atoms with Crippen molar-refractivity contribution in [2.24, 2.45) is 5.92 Å².